The van der Waals surface area contributed by atoms with E-state index in [1.165, 1.54) is 17.1 Å². The number of hydrogen-bond donors (Lipinski definition) is 1. The van der Waals surface area contributed by atoms with Gasteiger partial charge in [-0.3, -0.25) is 20.3 Å². The number of alkyl halides is 3. The number of rotatable bonds is 5. The molecule has 1 aliphatic rings. The third-order valence-electron chi connectivity index (χ3n) is 4.73. The number of nitrogens with zero attached hydrogens (tertiary/aromatic N) is 2. The molecule has 0 bridgehead atoms. The molecule has 1 N–H and O–H groups in total. The Kier molecular flexibility index (Phi) is 5.39. The minimum absolute atomic E-state index is 0.0308. The Morgan fingerprint density at radius 2 is 1.84 bits per heavy atom. The minimum atomic E-state index is -4.56. The number of hydrazine groups is 1. The quantitative estimate of drug-likeness (QED) is 0.368. The van der Waals surface area contributed by atoms with Crippen molar-refractivity contribution in [3.8, 4) is 11.5 Å². The summed E-state index contributed by atoms with van der Waals surface area (Å²) in [6, 6.07) is 13.2. The van der Waals surface area contributed by atoms with E-state index in [4.69, 9.17) is 16.3 Å². The molecule has 0 saturated heterocycles. The molecule has 0 radical (unpaired) electrons. The summed E-state index contributed by atoms with van der Waals surface area (Å²) in [4.78, 5) is 23.4. The fourth-order valence-corrected chi connectivity index (χ4v) is 3.42. The number of carbonyl (C=O) groups excluding carboxylic acids is 1. The summed E-state index contributed by atoms with van der Waals surface area (Å²) in [7, 11) is 0. The molecule has 3 aromatic carbocycles. The Bertz CT molecular complexity index is 1230. The maximum atomic E-state index is 12.8. The van der Waals surface area contributed by atoms with E-state index in [1.54, 1.807) is 24.3 Å². The second-order valence-corrected chi connectivity index (χ2v) is 7.25. The summed E-state index contributed by atoms with van der Waals surface area (Å²) in [5.41, 5.74) is 2.69. The molecular formula is C21H13ClF3N3O4. The number of amides is 1. The minimum Gasteiger partial charge on any atom is -0.456 e. The SMILES string of the molecule is O=C1c2ccccc2CN1Nc1cc(Oc2ccc(C(F)(F)F)cc2Cl)ccc1[N+](=O)[O-]. The molecule has 0 unspecified atom stereocenters. The number of nitro groups is 1. The molecule has 1 amide bonds. The van der Waals surface area contributed by atoms with Crippen LogP contribution in [-0.4, -0.2) is 15.8 Å². The van der Waals surface area contributed by atoms with Gasteiger partial charge in [-0.2, -0.15) is 13.2 Å². The fourth-order valence-electron chi connectivity index (χ4n) is 3.20. The molecule has 164 valence electrons. The van der Waals surface area contributed by atoms with Crippen LogP contribution < -0.4 is 10.2 Å². The second-order valence-electron chi connectivity index (χ2n) is 6.84. The molecule has 0 saturated carbocycles. The van der Waals surface area contributed by atoms with Gasteiger partial charge in [0.05, 0.1) is 22.1 Å². The molecule has 0 aromatic heterocycles. The highest BCUT2D eigenvalue weighted by Gasteiger charge is 2.31. The molecule has 4 rings (SSSR count). The van der Waals surface area contributed by atoms with Gasteiger partial charge in [0, 0.05) is 17.7 Å². The van der Waals surface area contributed by atoms with Gasteiger partial charge >= 0.3 is 6.18 Å². The number of carbonyl (C=O) groups is 1. The van der Waals surface area contributed by atoms with Gasteiger partial charge in [-0.15, -0.1) is 0 Å². The maximum Gasteiger partial charge on any atom is 0.416 e. The lowest BCUT2D eigenvalue weighted by Crippen LogP contribution is -2.30. The zero-order chi connectivity index (χ0) is 23.0. The normalized spacial score (nSPS) is 13.1. The number of anilines is 1. The van der Waals surface area contributed by atoms with Crippen LogP contribution in [-0.2, 0) is 12.7 Å². The summed E-state index contributed by atoms with van der Waals surface area (Å²) in [6.45, 7) is 0.196. The average Bonchev–Trinajstić information content (AvgIpc) is 3.04. The van der Waals surface area contributed by atoms with Crippen LogP contribution >= 0.6 is 11.6 Å². The standard InChI is InChI=1S/C21H13ClF3N3O4/c22-16-9-13(21(23,24)25)5-8-19(16)32-14-6-7-18(28(30)31)17(10-14)26-27-11-12-3-1-2-4-15(12)20(27)29/h1-10,26H,11H2. The highest BCUT2D eigenvalue weighted by Crippen LogP contribution is 2.38. The van der Waals surface area contributed by atoms with E-state index in [-0.39, 0.29) is 40.3 Å². The van der Waals surface area contributed by atoms with Gasteiger partial charge in [-0.05, 0) is 35.9 Å². The van der Waals surface area contributed by atoms with Crippen LogP contribution in [0, 0.1) is 10.1 Å². The molecule has 11 heteroatoms. The maximum absolute atomic E-state index is 12.8. The molecule has 1 aliphatic heterocycles. The van der Waals surface area contributed by atoms with Gasteiger partial charge in [0.1, 0.15) is 17.2 Å². The molecule has 32 heavy (non-hydrogen) atoms. The van der Waals surface area contributed by atoms with Gasteiger partial charge in [-0.25, -0.2) is 5.01 Å². The van der Waals surface area contributed by atoms with E-state index < -0.39 is 16.7 Å². The van der Waals surface area contributed by atoms with Gasteiger partial charge in [-0.1, -0.05) is 29.8 Å². The Morgan fingerprint density at radius 1 is 1.09 bits per heavy atom. The smallest absolute Gasteiger partial charge is 0.416 e. The van der Waals surface area contributed by atoms with Crippen molar-refractivity contribution >= 4 is 28.9 Å². The van der Waals surface area contributed by atoms with Gasteiger partial charge < -0.3 is 4.74 Å². The second kappa shape index (κ2) is 8.04. The van der Waals surface area contributed by atoms with Crippen molar-refractivity contribution in [2.24, 2.45) is 0 Å². The zero-order valence-corrected chi connectivity index (χ0v) is 16.8. The molecule has 3 aromatic rings. The number of fused-ring (bicyclic) bond motifs is 1. The van der Waals surface area contributed by atoms with Crippen molar-refractivity contribution in [1.82, 2.24) is 5.01 Å². The van der Waals surface area contributed by atoms with Crippen molar-refractivity contribution in [2.45, 2.75) is 12.7 Å². The number of halogens is 4. The summed E-state index contributed by atoms with van der Waals surface area (Å²) in [5.74, 6) is -0.347. The topological polar surface area (TPSA) is 84.7 Å². The fraction of sp³-hybridized carbons (Fsp3) is 0.0952. The van der Waals surface area contributed by atoms with Crippen LogP contribution in [0.1, 0.15) is 21.5 Å². The van der Waals surface area contributed by atoms with Crippen molar-refractivity contribution in [3.05, 3.63) is 92.5 Å². The lowest BCUT2D eigenvalue weighted by molar-refractivity contribution is -0.384. The number of nitro benzene ring substituents is 1. The van der Waals surface area contributed by atoms with Crippen molar-refractivity contribution in [3.63, 3.8) is 0 Å². The van der Waals surface area contributed by atoms with E-state index in [0.29, 0.717) is 5.56 Å². The first kappa shape index (κ1) is 21.4. The molecule has 0 atom stereocenters. The van der Waals surface area contributed by atoms with Gasteiger partial charge in [0.2, 0.25) is 0 Å². The largest absolute Gasteiger partial charge is 0.456 e. The first-order chi connectivity index (χ1) is 15.1. The molecule has 0 aliphatic carbocycles. The van der Waals surface area contributed by atoms with Crippen LogP contribution in [0.15, 0.2) is 60.7 Å². The third kappa shape index (κ3) is 4.17. The Hall–Kier alpha value is -3.79. The van der Waals surface area contributed by atoms with Crippen LogP contribution in [0.4, 0.5) is 24.5 Å². The van der Waals surface area contributed by atoms with Crippen LogP contribution in [0.5, 0.6) is 11.5 Å². The lowest BCUT2D eigenvalue weighted by atomic mass is 10.1. The monoisotopic (exact) mass is 463 g/mol. The summed E-state index contributed by atoms with van der Waals surface area (Å²) < 4.78 is 44.0. The van der Waals surface area contributed by atoms with E-state index in [2.05, 4.69) is 5.43 Å². The molecule has 1 heterocycles. The Morgan fingerprint density at radius 3 is 2.50 bits per heavy atom. The first-order valence-corrected chi connectivity index (χ1v) is 9.51. The van der Waals surface area contributed by atoms with Gasteiger partial charge in [0.15, 0.2) is 0 Å². The summed E-state index contributed by atoms with van der Waals surface area (Å²) in [6.07, 6.45) is -4.56. The van der Waals surface area contributed by atoms with Crippen molar-refractivity contribution in [1.29, 1.82) is 0 Å². The van der Waals surface area contributed by atoms with Crippen LogP contribution in [0.25, 0.3) is 0 Å². The molecule has 0 spiro atoms. The predicted octanol–water partition coefficient (Wildman–Crippen LogP) is 6.04. The van der Waals surface area contributed by atoms with Gasteiger partial charge in [0.25, 0.3) is 11.6 Å². The van der Waals surface area contributed by atoms with Crippen molar-refractivity contribution < 1.29 is 27.6 Å². The predicted molar refractivity (Wildman–Crippen MR) is 110 cm³/mol. The highest BCUT2D eigenvalue weighted by molar-refractivity contribution is 6.32. The Balaban J connectivity index is 1.61. The van der Waals surface area contributed by atoms with Crippen LogP contribution in [0.3, 0.4) is 0 Å². The first-order valence-electron chi connectivity index (χ1n) is 9.13. The number of ether oxygens (including phenoxy) is 1. The summed E-state index contributed by atoms with van der Waals surface area (Å²) in [5, 5.41) is 12.4. The van der Waals surface area contributed by atoms with E-state index >= 15 is 0 Å². The number of benzene rings is 3. The third-order valence-corrected chi connectivity index (χ3v) is 5.02. The van der Waals surface area contributed by atoms with E-state index in [0.717, 1.165) is 29.8 Å². The molecule has 7 nitrogen and oxygen atoms in total. The number of nitrogens with one attached hydrogen (secondary N) is 1. The van der Waals surface area contributed by atoms with Crippen molar-refractivity contribution in [2.75, 3.05) is 5.43 Å². The Labute approximate surface area is 184 Å². The molecular weight excluding hydrogens is 451 g/mol. The summed E-state index contributed by atoms with van der Waals surface area (Å²) >= 11 is 5.91. The average molecular weight is 464 g/mol. The highest BCUT2D eigenvalue weighted by atomic mass is 35.5. The van der Waals surface area contributed by atoms with Crippen LogP contribution in [0.2, 0.25) is 5.02 Å². The van der Waals surface area contributed by atoms with E-state index in [1.807, 2.05) is 0 Å². The lowest BCUT2D eigenvalue weighted by Gasteiger charge is -2.19. The zero-order valence-electron chi connectivity index (χ0n) is 16.0. The number of hydrogen-bond acceptors (Lipinski definition) is 5. The van der Waals surface area contributed by atoms with E-state index in [9.17, 15) is 28.1 Å². The molecule has 0 fully saturated rings.